The number of piperazine rings is 1. The highest BCUT2D eigenvalue weighted by molar-refractivity contribution is 9.10. The van der Waals surface area contributed by atoms with Gasteiger partial charge in [-0.05, 0) is 103 Å². The molecule has 3 fully saturated rings. The van der Waals surface area contributed by atoms with Crippen molar-refractivity contribution in [3.8, 4) is 5.75 Å². The number of hydrogen-bond acceptors (Lipinski definition) is 13. The highest BCUT2D eigenvalue weighted by Gasteiger charge is 2.33. The van der Waals surface area contributed by atoms with Gasteiger partial charge < -0.3 is 29.7 Å². The molecular formula is C47H56BrF2N10O4P. The topological polar surface area (TPSA) is 158 Å². The van der Waals surface area contributed by atoms with Crippen LogP contribution in [0.2, 0.25) is 0 Å². The van der Waals surface area contributed by atoms with E-state index in [0.29, 0.717) is 64.0 Å². The van der Waals surface area contributed by atoms with Gasteiger partial charge in [-0.2, -0.15) is 4.98 Å². The van der Waals surface area contributed by atoms with Crippen LogP contribution in [-0.2, 0) is 33.4 Å². The van der Waals surface area contributed by atoms with E-state index in [1.54, 1.807) is 32.8 Å². The Morgan fingerprint density at radius 1 is 0.892 bits per heavy atom. The number of anilines is 5. The monoisotopic (exact) mass is 972 g/mol. The number of carbonyl (C=O) groups is 2. The number of carbonyl (C=O) groups excluding carboxylic acids is 2. The summed E-state index contributed by atoms with van der Waals surface area (Å²) >= 11 is 3.61. The lowest BCUT2D eigenvalue weighted by Gasteiger charge is -2.43. The number of aromatic nitrogens is 4. The summed E-state index contributed by atoms with van der Waals surface area (Å²) in [5, 5.41) is 10.4. The maximum absolute atomic E-state index is 15.1. The number of imide groups is 1. The average molecular weight is 974 g/mol. The van der Waals surface area contributed by atoms with Gasteiger partial charge in [-0.1, -0.05) is 13.8 Å². The molecule has 14 nitrogen and oxygen atoms in total. The smallest absolute Gasteiger partial charge is 0.234 e. The Labute approximate surface area is 386 Å². The molecule has 0 spiro atoms. The van der Waals surface area contributed by atoms with Crippen LogP contribution in [-0.4, -0.2) is 114 Å². The molecule has 3 aliphatic heterocycles. The summed E-state index contributed by atoms with van der Waals surface area (Å²) in [4.78, 5) is 49.7. The fourth-order valence-corrected chi connectivity index (χ4v) is 11.1. The Bertz CT molecular complexity index is 2630. The second-order valence-corrected chi connectivity index (χ2v) is 21.4. The van der Waals surface area contributed by atoms with E-state index >= 15 is 8.78 Å². The number of rotatable bonds is 14. The number of piperidine rings is 2. The predicted octanol–water partition coefficient (Wildman–Crippen LogP) is 7.68. The summed E-state index contributed by atoms with van der Waals surface area (Å²) in [6.45, 7) is 13.8. The average Bonchev–Trinajstić information content (AvgIpc) is 3.29. The van der Waals surface area contributed by atoms with Crippen molar-refractivity contribution < 1.29 is 27.7 Å². The van der Waals surface area contributed by atoms with Crippen LogP contribution in [0.1, 0.15) is 68.0 Å². The van der Waals surface area contributed by atoms with Crippen molar-refractivity contribution in [2.45, 2.75) is 70.8 Å². The lowest BCUT2D eigenvalue weighted by atomic mass is 9.89. The first-order valence-electron chi connectivity index (χ1n) is 22.4. The van der Waals surface area contributed by atoms with Crippen LogP contribution < -0.4 is 30.9 Å². The van der Waals surface area contributed by atoms with Crippen LogP contribution in [0.25, 0.3) is 10.9 Å². The summed E-state index contributed by atoms with van der Waals surface area (Å²) < 4.78 is 50.5. The van der Waals surface area contributed by atoms with Gasteiger partial charge in [-0.15, -0.1) is 0 Å². The highest BCUT2D eigenvalue weighted by Crippen LogP contribution is 2.42. The molecule has 5 heterocycles. The third-order valence-corrected chi connectivity index (χ3v) is 15.0. The maximum atomic E-state index is 15.1. The van der Waals surface area contributed by atoms with Crippen molar-refractivity contribution in [3.63, 3.8) is 0 Å². The van der Waals surface area contributed by atoms with E-state index in [1.165, 1.54) is 17.7 Å². The minimum absolute atomic E-state index is 0.0634. The van der Waals surface area contributed by atoms with Gasteiger partial charge in [0.1, 0.15) is 36.2 Å². The van der Waals surface area contributed by atoms with Gasteiger partial charge >= 0.3 is 0 Å². The molecule has 3 saturated heterocycles. The molecule has 2 amide bonds. The van der Waals surface area contributed by atoms with Crippen molar-refractivity contribution >= 4 is 79.9 Å². The summed E-state index contributed by atoms with van der Waals surface area (Å²) in [6.07, 6.45) is 7.68. The summed E-state index contributed by atoms with van der Waals surface area (Å²) in [6, 6.07) is 11.2. The van der Waals surface area contributed by atoms with Crippen LogP contribution in [0.15, 0.2) is 53.3 Å². The summed E-state index contributed by atoms with van der Waals surface area (Å²) in [5.41, 5.74) is 4.78. The zero-order chi connectivity index (χ0) is 46.0. The Hall–Kier alpha value is -5.09. The number of nitrogens with one attached hydrogen (secondary N) is 3. The predicted molar refractivity (Wildman–Crippen MR) is 255 cm³/mol. The first-order valence-corrected chi connectivity index (χ1v) is 25.8. The lowest BCUT2D eigenvalue weighted by Crippen LogP contribution is -2.53. The zero-order valence-corrected chi connectivity index (χ0v) is 40.0. The molecule has 1 atom stereocenters. The fourth-order valence-electron chi connectivity index (χ4n) is 9.40. The van der Waals surface area contributed by atoms with E-state index in [9.17, 15) is 14.2 Å². The normalized spacial score (nSPS) is 18.0. The van der Waals surface area contributed by atoms with E-state index in [0.717, 1.165) is 86.6 Å². The third kappa shape index (κ3) is 10.3. The zero-order valence-electron chi connectivity index (χ0n) is 37.5. The number of methoxy groups -OCH3 is 1. The van der Waals surface area contributed by atoms with Crippen LogP contribution in [0.4, 0.5) is 37.6 Å². The van der Waals surface area contributed by atoms with Crippen molar-refractivity contribution in [1.82, 2.24) is 35.1 Å². The molecule has 2 aromatic heterocycles. The van der Waals surface area contributed by atoms with Gasteiger partial charge in [0.2, 0.25) is 17.8 Å². The summed E-state index contributed by atoms with van der Waals surface area (Å²) in [5.74, 6) is -1.26. The van der Waals surface area contributed by atoms with E-state index < -0.39 is 36.5 Å². The number of hydrogen-bond donors (Lipinski definition) is 3. The first-order chi connectivity index (χ1) is 31.2. The van der Waals surface area contributed by atoms with Gasteiger partial charge in [0.15, 0.2) is 0 Å². The first kappa shape index (κ1) is 46.4. The minimum atomic E-state index is -2.79. The van der Waals surface area contributed by atoms with Crippen molar-refractivity contribution in [1.29, 1.82) is 0 Å². The number of fused-ring (bicyclic) bond motifs is 1. The minimum Gasteiger partial charge on any atom is -0.494 e. The number of halogens is 3. The quantitative estimate of drug-likeness (QED) is 0.0736. The fraction of sp³-hybridized carbons (Fsp3) is 0.447. The number of benzene rings is 3. The molecule has 5 aromatic rings. The molecule has 8 rings (SSSR count). The largest absolute Gasteiger partial charge is 0.494 e. The molecule has 3 aliphatic rings. The second-order valence-electron chi connectivity index (χ2n) is 17.4. The number of ether oxygens (including phenoxy) is 1. The molecule has 344 valence electrons. The number of nitrogens with zero attached hydrogens (tertiary/aromatic N) is 7. The molecule has 0 bridgehead atoms. The van der Waals surface area contributed by atoms with Gasteiger partial charge in [-0.3, -0.25) is 19.8 Å². The molecule has 1 unspecified atom stereocenters. The highest BCUT2D eigenvalue weighted by atomic mass is 79.9. The van der Waals surface area contributed by atoms with Gasteiger partial charge in [0.05, 0.1) is 34.4 Å². The third-order valence-electron chi connectivity index (χ3n) is 12.8. The van der Waals surface area contributed by atoms with Gasteiger partial charge in [-0.25, -0.2) is 23.7 Å². The second kappa shape index (κ2) is 19.8. The Morgan fingerprint density at radius 2 is 1.63 bits per heavy atom. The number of aryl methyl sites for hydroxylation is 2. The van der Waals surface area contributed by atoms with E-state index in [-0.39, 0.29) is 18.4 Å². The van der Waals surface area contributed by atoms with Crippen LogP contribution in [0.5, 0.6) is 5.75 Å². The standard InChI is InChI=1S/C47H56BrF2N10O4P/c1-6-29-24-38(55-47-52-27-33(48)45(57-47)54-37-10-9-36-32(44(37)65(4,5)63)26-51-41(7-2)53-36)40(64-3)25-39(29)60-16-13-30(14-17-60)59-20-18-58(19-21-59)15-12-28-22-34(49)43(35(50)23-28)31-8-11-42(61)56-46(31)62/h9-10,22-27,30-31H,6-8,11-21H2,1-5H3,(H,56,61,62)(H2,52,54,55,57). The van der Waals surface area contributed by atoms with Crippen LogP contribution in [0.3, 0.4) is 0 Å². The number of amides is 2. The van der Waals surface area contributed by atoms with Crippen molar-refractivity contribution in [2.24, 2.45) is 0 Å². The van der Waals surface area contributed by atoms with Crippen LogP contribution >= 0.6 is 23.1 Å². The Morgan fingerprint density at radius 3 is 2.29 bits per heavy atom. The van der Waals surface area contributed by atoms with E-state index in [2.05, 4.69) is 80.6 Å². The Kier molecular flexibility index (Phi) is 14.1. The molecule has 3 N–H and O–H groups in total. The molecule has 18 heteroatoms. The molecule has 3 aromatic carbocycles. The molecule has 0 saturated carbocycles. The Balaban J connectivity index is 0.874. The van der Waals surface area contributed by atoms with Gasteiger partial charge in [0, 0.05) is 105 Å². The molecule has 65 heavy (non-hydrogen) atoms. The van der Waals surface area contributed by atoms with E-state index in [1.807, 2.05) is 19.1 Å². The van der Waals surface area contributed by atoms with Crippen molar-refractivity contribution in [2.75, 3.05) is 81.8 Å². The molecule has 0 aliphatic carbocycles. The van der Waals surface area contributed by atoms with E-state index in [4.69, 9.17) is 9.72 Å². The van der Waals surface area contributed by atoms with Crippen LogP contribution in [0, 0.1) is 11.6 Å². The lowest BCUT2D eigenvalue weighted by molar-refractivity contribution is -0.134. The van der Waals surface area contributed by atoms with Crippen molar-refractivity contribution in [3.05, 3.63) is 87.4 Å². The summed E-state index contributed by atoms with van der Waals surface area (Å²) in [7, 11) is -1.12. The maximum Gasteiger partial charge on any atom is 0.234 e. The molecular weight excluding hydrogens is 917 g/mol. The van der Waals surface area contributed by atoms with Gasteiger partial charge in [0.25, 0.3) is 0 Å². The molecule has 0 radical (unpaired) electrons. The SMILES string of the molecule is CCc1ncc2c(P(C)(C)=O)c(Nc3nc(Nc4cc(CC)c(N5CCC(N6CCN(CCc7cc(F)c(C8CCC(=O)NC8=O)c(F)c7)CC6)CC5)cc4OC)ncc3Br)ccc2n1.